The van der Waals surface area contributed by atoms with Gasteiger partial charge in [-0.05, 0) is 57.4 Å². The fourth-order valence-corrected chi connectivity index (χ4v) is 5.27. The number of carbonyl (C=O) groups excluding carboxylic acids is 2. The number of sulfonamides is 1. The Balaban J connectivity index is 2.24. The molecule has 7 nitrogen and oxygen atoms in total. The highest BCUT2D eigenvalue weighted by molar-refractivity contribution is 7.92. The average molecular weight is 557 g/mol. The largest absolute Gasteiger partial charge is 0.352 e. The van der Waals surface area contributed by atoms with Crippen LogP contribution in [0.2, 0.25) is 10.0 Å². The predicted octanol–water partition coefficient (Wildman–Crippen LogP) is 5.18. The lowest BCUT2D eigenvalue weighted by molar-refractivity contribution is -0.140. The number of halogens is 2. The van der Waals surface area contributed by atoms with Gasteiger partial charge >= 0.3 is 0 Å². The number of nitrogens with zero attached hydrogens (tertiary/aromatic N) is 2. The van der Waals surface area contributed by atoms with E-state index in [-0.39, 0.29) is 43.8 Å². The molecule has 0 heterocycles. The van der Waals surface area contributed by atoms with E-state index >= 15 is 0 Å². The van der Waals surface area contributed by atoms with Gasteiger partial charge in [0, 0.05) is 41.2 Å². The highest BCUT2D eigenvalue weighted by Crippen LogP contribution is 2.27. The van der Waals surface area contributed by atoms with E-state index in [2.05, 4.69) is 5.32 Å². The molecule has 2 aromatic carbocycles. The van der Waals surface area contributed by atoms with Gasteiger partial charge in [0.2, 0.25) is 21.8 Å². The Bertz CT molecular complexity index is 1150. The molecular weight excluding hydrogens is 521 g/mol. The number of para-hydroxylation sites is 1. The number of anilines is 1. The fraction of sp³-hybridized carbons (Fsp3) is 0.462. The van der Waals surface area contributed by atoms with Crippen LogP contribution in [0.15, 0.2) is 42.5 Å². The summed E-state index contributed by atoms with van der Waals surface area (Å²) in [5.74, 6) is -0.574. The minimum atomic E-state index is -3.56. The summed E-state index contributed by atoms with van der Waals surface area (Å²) in [6, 6.07) is 11.5. The van der Waals surface area contributed by atoms with Gasteiger partial charge in [0.15, 0.2) is 0 Å². The molecule has 0 aromatic heterocycles. The monoisotopic (exact) mass is 555 g/mol. The van der Waals surface area contributed by atoms with Crippen molar-refractivity contribution in [2.24, 2.45) is 0 Å². The maximum Gasteiger partial charge on any atom is 0.242 e. The van der Waals surface area contributed by atoms with Crippen LogP contribution in [-0.2, 0) is 26.2 Å². The molecule has 0 fully saturated rings. The minimum absolute atomic E-state index is 0.0426. The molecule has 0 bridgehead atoms. The third-order valence-corrected chi connectivity index (χ3v) is 7.98. The van der Waals surface area contributed by atoms with Crippen LogP contribution >= 0.6 is 23.2 Å². The van der Waals surface area contributed by atoms with Crippen molar-refractivity contribution in [1.82, 2.24) is 10.2 Å². The third-order valence-electron chi connectivity index (χ3n) is 6.09. The number of benzene rings is 2. The molecule has 1 N–H and O–H groups in total. The van der Waals surface area contributed by atoms with Crippen molar-refractivity contribution in [3.63, 3.8) is 0 Å². The van der Waals surface area contributed by atoms with E-state index in [1.54, 1.807) is 37.3 Å². The first-order valence-electron chi connectivity index (χ1n) is 11.9. The molecule has 0 aliphatic carbocycles. The first kappa shape index (κ1) is 29.9. The number of hydrogen-bond acceptors (Lipinski definition) is 4. The van der Waals surface area contributed by atoms with Crippen molar-refractivity contribution in [2.75, 3.05) is 17.1 Å². The Morgan fingerprint density at radius 3 is 2.19 bits per heavy atom. The van der Waals surface area contributed by atoms with Gasteiger partial charge in [0.25, 0.3) is 0 Å². The molecule has 36 heavy (non-hydrogen) atoms. The second-order valence-electron chi connectivity index (χ2n) is 8.94. The van der Waals surface area contributed by atoms with Gasteiger partial charge in [0.05, 0.1) is 11.9 Å². The van der Waals surface area contributed by atoms with Crippen LogP contribution in [0.25, 0.3) is 0 Å². The van der Waals surface area contributed by atoms with E-state index < -0.39 is 16.1 Å². The van der Waals surface area contributed by atoms with Crippen molar-refractivity contribution in [3.05, 3.63) is 63.6 Å². The second-order valence-corrected chi connectivity index (χ2v) is 11.7. The van der Waals surface area contributed by atoms with Crippen LogP contribution in [-0.4, -0.2) is 50.0 Å². The molecule has 0 saturated carbocycles. The predicted molar refractivity (Wildman–Crippen MR) is 147 cm³/mol. The molecule has 2 aromatic rings. The third kappa shape index (κ3) is 8.11. The molecule has 0 unspecified atom stereocenters. The maximum atomic E-state index is 13.4. The molecule has 2 amide bonds. The Hall–Kier alpha value is -2.29. The Labute approximate surface area is 224 Å². The normalized spacial score (nSPS) is 13.1. The molecule has 2 atom stereocenters. The van der Waals surface area contributed by atoms with Crippen molar-refractivity contribution in [2.45, 2.75) is 65.6 Å². The van der Waals surface area contributed by atoms with Crippen molar-refractivity contribution in [1.29, 1.82) is 0 Å². The van der Waals surface area contributed by atoms with Crippen LogP contribution < -0.4 is 9.62 Å². The molecule has 198 valence electrons. The maximum absolute atomic E-state index is 13.4. The van der Waals surface area contributed by atoms with Crippen molar-refractivity contribution < 1.29 is 18.0 Å². The van der Waals surface area contributed by atoms with Crippen LogP contribution in [0.5, 0.6) is 0 Å². The molecule has 0 aliphatic heterocycles. The molecule has 2 rings (SSSR count). The van der Waals surface area contributed by atoms with Gasteiger partial charge in [-0.3, -0.25) is 13.9 Å². The number of amides is 2. The first-order chi connectivity index (χ1) is 16.9. The topological polar surface area (TPSA) is 86.8 Å². The summed E-state index contributed by atoms with van der Waals surface area (Å²) in [6.07, 6.45) is 2.21. The first-order valence-corrected chi connectivity index (χ1v) is 14.5. The van der Waals surface area contributed by atoms with Crippen molar-refractivity contribution >= 4 is 50.7 Å². The zero-order chi connectivity index (χ0) is 27.0. The Morgan fingerprint density at radius 1 is 1.03 bits per heavy atom. The Kier molecular flexibility index (Phi) is 11.1. The summed E-state index contributed by atoms with van der Waals surface area (Å²) in [4.78, 5) is 27.7. The zero-order valence-electron chi connectivity index (χ0n) is 21.4. The summed E-state index contributed by atoms with van der Waals surface area (Å²) in [5, 5.41) is 3.72. The van der Waals surface area contributed by atoms with E-state index in [1.165, 1.54) is 9.21 Å². The molecule has 0 saturated heterocycles. The van der Waals surface area contributed by atoms with E-state index in [1.807, 2.05) is 32.9 Å². The average Bonchev–Trinajstić information content (AvgIpc) is 2.81. The smallest absolute Gasteiger partial charge is 0.242 e. The van der Waals surface area contributed by atoms with Crippen LogP contribution in [0.4, 0.5) is 5.69 Å². The van der Waals surface area contributed by atoms with E-state index in [0.29, 0.717) is 21.3 Å². The highest BCUT2D eigenvalue weighted by atomic mass is 35.5. The van der Waals surface area contributed by atoms with Crippen molar-refractivity contribution in [3.8, 4) is 0 Å². The number of aryl methyl sites for hydroxylation is 1. The molecule has 0 spiro atoms. The van der Waals surface area contributed by atoms with Crippen LogP contribution in [0, 0.1) is 6.92 Å². The minimum Gasteiger partial charge on any atom is -0.352 e. The summed E-state index contributed by atoms with van der Waals surface area (Å²) < 4.78 is 26.3. The zero-order valence-corrected chi connectivity index (χ0v) is 23.8. The fourth-order valence-electron chi connectivity index (χ4n) is 3.73. The lowest BCUT2D eigenvalue weighted by Gasteiger charge is -2.31. The standard InChI is InChI=1S/C26H35Cl2N3O4S/c1-6-19(3)29-26(33)20(4)30(17-21-22(27)12-9-13-23(21)28)25(32)15-10-16-31(36(5,34)35)24-14-8-7-11-18(24)2/h7-9,11-14,19-20H,6,10,15-17H2,1-5H3,(H,29,33)/t19-,20+/m1/s1. The lowest BCUT2D eigenvalue weighted by Crippen LogP contribution is -2.49. The summed E-state index contributed by atoms with van der Waals surface area (Å²) in [5.41, 5.74) is 1.95. The summed E-state index contributed by atoms with van der Waals surface area (Å²) in [7, 11) is -3.56. The molecule has 0 radical (unpaired) electrons. The highest BCUT2D eigenvalue weighted by Gasteiger charge is 2.28. The number of nitrogens with one attached hydrogen (secondary N) is 1. The van der Waals surface area contributed by atoms with Gasteiger partial charge in [-0.2, -0.15) is 0 Å². The van der Waals surface area contributed by atoms with E-state index in [9.17, 15) is 18.0 Å². The summed E-state index contributed by atoms with van der Waals surface area (Å²) in [6.45, 7) is 7.54. The van der Waals surface area contributed by atoms with Gasteiger partial charge < -0.3 is 10.2 Å². The summed E-state index contributed by atoms with van der Waals surface area (Å²) >= 11 is 12.7. The van der Waals surface area contributed by atoms with Crippen LogP contribution in [0.3, 0.4) is 0 Å². The molecule has 0 aliphatic rings. The SMILES string of the molecule is CC[C@@H](C)NC(=O)[C@H](C)N(Cc1c(Cl)cccc1Cl)C(=O)CCCN(c1ccccc1C)S(C)(=O)=O. The number of carbonyl (C=O) groups is 2. The van der Waals surface area contributed by atoms with Gasteiger partial charge in [0.1, 0.15) is 6.04 Å². The van der Waals surface area contributed by atoms with E-state index in [4.69, 9.17) is 23.2 Å². The van der Waals surface area contributed by atoms with Gasteiger partial charge in [-0.15, -0.1) is 0 Å². The lowest BCUT2D eigenvalue weighted by atomic mass is 10.1. The molecular formula is C26H35Cl2N3O4S. The molecule has 10 heteroatoms. The second kappa shape index (κ2) is 13.3. The van der Waals surface area contributed by atoms with Crippen LogP contribution in [0.1, 0.15) is 51.2 Å². The Morgan fingerprint density at radius 2 is 1.64 bits per heavy atom. The van der Waals surface area contributed by atoms with Gasteiger partial charge in [-0.25, -0.2) is 8.42 Å². The number of hydrogen-bond donors (Lipinski definition) is 1. The van der Waals surface area contributed by atoms with Gasteiger partial charge in [-0.1, -0.05) is 54.4 Å². The van der Waals surface area contributed by atoms with E-state index in [0.717, 1.165) is 18.2 Å². The quantitative estimate of drug-likeness (QED) is 0.391. The number of rotatable bonds is 12.